The Labute approximate surface area is 176 Å². The Hall–Kier alpha value is -3.22. The summed E-state index contributed by atoms with van der Waals surface area (Å²) in [5.41, 5.74) is 0.524. The Kier molecular flexibility index (Phi) is 7.54. The molecule has 0 aromatic heterocycles. The molecular weight excluding hydrogens is 386 g/mol. The van der Waals surface area contributed by atoms with E-state index in [2.05, 4.69) is 4.74 Å². The number of piperidine rings is 1. The smallest absolute Gasteiger partial charge is 0.343 e. The van der Waals surface area contributed by atoms with Gasteiger partial charge in [0.2, 0.25) is 0 Å². The molecule has 0 unspecified atom stereocenters. The van der Waals surface area contributed by atoms with Crippen molar-refractivity contribution in [3.8, 4) is 17.2 Å². The van der Waals surface area contributed by atoms with Crippen LogP contribution in [-0.2, 0) is 9.53 Å². The number of hydrogen-bond donors (Lipinski definition) is 0. The maximum absolute atomic E-state index is 12.9. The van der Waals surface area contributed by atoms with Gasteiger partial charge < -0.3 is 23.8 Å². The van der Waals surface area contributed by atoms with Crippen LogP contribution < -0.4 is 14.2 Å². The first-order chi connectivity index (χ1) is 14.6. The van der Waals surface area contributed by atoms with Crippen LogP contribution in [0.1, 0.15) is 23.2 Å². The fourth-order valence-electron chi connectivity index (χ4n) is 3.33. The van der Waals surface area contributed by atoms with Gasteiger partial charge in [-0.05, 0) is 49.1 Å². The van der Waals surface area contributed by atoms with E-state index >= 15 is 0 Å². The number of esters is 1. The molecular formula is C23H27NO6. The normalized spacial score (nSPS) is 14.1. The van der Waals surface area contributed by atoms with Crippen LogP contribution in [0.4, 0.5) is 0 Å². The summed E-state index contributed by atoms with van der Waals surface area (Å²) in [5, 5.41) is 0. The standard InChI is InChI=1S/C23H27NO6/c1-27-21-14-18(8-9-20(21)30-16-22(25)28-2)23(26)24-12-10-17(11-13-24)15-29-19-6-4-3-5-7-19/h3-9,14,17H,10-13,15-16H2,1-2H3. The van der Waals surface area contributed by atoms with E-state index in [9.17, 15) is 9.59 Å². The Morgan fingerprint density at radius 3 is 2.37 bits per heavy atom. The summed E-state index contributed by atoms with van der Waals surface area (Å²) in [7, 11) is 2.79. The Balaban J connectivity index is 1.53. The summed E-state index contributed by atoms with van der Waals surface area (Å²) in [6, 6.07) is 14.7. The second kappa shape index (κ2) is 10.5. The lowest BCUT2D eigenvalue weighted by Crippen LogP contribution is -2.39. The molecule has 1 aliphatic heterocycles. The molecule has 7 heteroatoms. The van der Waals surface area contributed by atoms with Gasteiger partial charge in [0.15, 0.2) is 18.1 Å². The first-order valence-electron chi connectivity index (χ1n) is 9.95. The van der Waals surface area contributed by atoms with Gasteiger partial charge in [0, 0.05) is 18.7 Å². The molecule has 1 heterocycles. The molecule has 7 nitrogen and oxygen atoms in total. The van der Waals surface area contributed by atoms with E-state index in [1.807, 2.05) is 35.2 Å². The van der Waals surface area contributed by atoms with Crippen LogP contribution in [0.25, 0.3) is 0 Å². The number of nitrogens with zero attached hydrogens (tertiary/aromatic N) is 1. The lowest BCUT2D eigenvalue weighted by atomic mass is 9.97. The van der Waals surface area contributed by atoms with Gasteiger partial charge in [-0.2, -0.15) is 0 Å². The summed E-state index contributed by atoms with van der Waals surface area (Å²) in [6.07, 6.45) is 1.80. The molecule has 1 aliphatic rings. The van der Waals surface area contributed by atoms with E-state index in [0.717, 1.165) is 18.6 Å². The number of benzene rings is 2. The zero-order valence-corrected chi connectivity index (χ0v) is 17.3. The number of carbonyl (C=O) groups excluding carboxylic acids is 2. The van der Waals surface area contributed by atoms with E-state index in [4.69, 9.17) is 14.2 Å². The van der Waals surface area contributed by atoms with Gasteiger partial charge >= 0.3 is 5.97 Å². The molecule has 3 rings (SSSR count). The molecule has 160 valence electrons. The van der Waals surface area contributed by atoms with Gasteiger partial charge in [-0.25, -0.2) is 4.79 Å². The van der Waals surface area contributed by atoms with Gasteiger partial charge in [-0.1, -0.05) is 18.2 Å². The lowest BCUT2D eigenvalue weighted by Gasteiger charge is -2.32. The zero-order valence-electron chi connectivity index (χ0n) is 17.3. The van der Waals surface area contributed by atoms with Crippen molar-refractivity contribution in [3.05, 3.63) is 54.1 Å². The first-order valence-corrected chi connectivity index (χ1v) is 9.95. The SMILES string of the molecule is COC(=O)COc1ccc(C(=O)N2CCC(COc3ccccc3)CC2)cc1OC. The van der Waals surface area contributed by atoms with E-state index < -0.39 is 5.97 Å². The van der Waals surface area contributed by atoms with Crippen molar-refractivity contribution in [2.45, 2.75) is 12.8 Å². The van der Waals surface area contributed by atoms with Crippen molar-refractivity contribution in [2.75, 3.05) is 40.5 Å². The molecule has 30 heavy (non-hydrogen) atoms. The van der Waals surface area contributed by atoms with E-state index in [-0.39, 0.29) is 12.5 Å². The van der Waals surface area contributed by atoms with Gasteiger partial charge in [-0.15, -0.1) is 0 Å². The Morgan fingerprint density at radius 1 is 0.967 bits per heavy atom. The summed E-state index contributed by atoms with van der Waals surface area (Å²) in [5.74, 6) is 1.55. The predicted octanol–water partition coefficient (Wildman–Crippen LogP) is 3.18. The third kappa shape index (κ3) is 5.65. The number of amides is 1. The van der Waals surface area contributed by atoms with Crippen molar-refractivity contribution in [3.63, 3.8) is 0 Å². The summed E-state index contributed by atoms with van der Waals surface area (Å²) in [6.45, 7) is 1.81. The van der Waals surface area contributed by atoms with E-state index in [1.54, 1.807) is 18.2 Å². The molecule has 0 spiro atoms. The van der Waals surface area contributed by atoms with Gasteiger partial charge in [0.25, 0.3) is 5.91 Å². The van der Waals surface area contributed by atoms with Crippen molar-refractivity contribution in [1.29, 1.82) is 0 Å². The molecule has 0 radical (unpaired) electrons. The van der Waals surface area contributed by atoms with Crippen LogP contribution in [0.5, 0.6) is 17.2 Å². The largest absolute Gasteiger partial charge is 0.493 e. The number of para-hydroxylation sites is 1. The molecule has 1 saturated heterocycles. The van der Waals surface area contributed by atoms with Crippen LogP contribution in [0, 0.1) is 5.92 Å². The van der Waals surface area contributed by atoms with Crippen LogP contribution in [0.2, 0.25) is 0 Å². The Bertz CT molecular complexity index is 846. The van der Waals surface area contributed by atoms with Crippen LogP contribution in [0.15, 0.2) is 48.5 Å². The minimum atomic E-state index is -0.490. The zero-order chi connectivity index (χ0) is 21.3. The average molecular weight is 413 g/mol. The monoisotopic (exact) mass is 413 g/mol. The molecule has 2 aromatic carbocycles. The summed E-state index contributed by atoms with van der Waals surface area (Å²) >= 11 is 0. The maximum atomic E-state index is 12.9. The highest BCUT2D eigenvalue weighted by Crippen LogP contribution is 2.29. The van der Waals surface area contributed by atoms with Crippen LogP contribution in [-0.4, -0.2) is 57.3 Å². The summed E-state index contributed by atoms with van der Waals surface area (Å²) in [4.78, 5) is 26.0. The predicted molar refractivity (Wildman–Crippen MR) is 111 cm³/mol. The molecule has 0 bridgehead atoms. The second-order valence-electron chi connectivity index (χ2n) is 7.09. The third-order valence-corrected chi connectivity index (χ3v) is 5.11. The summed E-state index contributed by atoms with van der Waals surface area (Å²) < 4.78 is 21.1. The average Bonchev–Trinajstić information content (AvgIpc) is 2.81. The number of hydrogen-bond acceptors (Lipinski definition) is 6. The highest BCUT2D eigenvalue weighted by Gasteiger charge is 2.25. The number of carbonyl (C=O) groups is 2. The molecule has 0 atom stereocenters. The fourth-order valence-corrected chi connectivity index (χ4v) is 3.33. The molecule has 0 saturated carbocycles. The quantitative estimate of drug-likeness (QED) is 0.619. The fraction of sp³-hybridized carbons (Fsp3) is 0.391. The van der Waals surface area contributed by atoms with Crippen molar-refractivity contribution in [2.24, 2.45) is 5.92 Å². The molecule has 1 amide bonds. The second-order valence-corrected chi connectivity index (χ2v) is 7.09. The van der Waals surface area contributed by atoms with Gasteiger partial charge in [0.05, 0.1) is 20.8 Å². The van der Waals surface area contributed by atoms with Crippen molar-refractivity contribution >= 4 is 11.9 Å². The highest BCUT2D eigenvalue weighted by molar-refractivity contribution is 5.95. The third-order valence-electron chi connectivity index (χ3n) is 5.11. The molecule has 0 N–H and O–H groups in total. The minimum absolute atomic E-state index is 0.0461. The molecule has 1 fully saturated rings. The highest BCUT2D eigenvalue weighted by atomic mass is 16.6. The number of rotatable bonds is 8. The number of likely N-dealkylation sites (tertiary alicyclic amines) is 1. The van der Waals surface area contributed by atoms with Crippen molar-refractivity contribution in [1.82, 2.24) is 4.90 Å². The lowest BCUT2D eigenvalue weighted by molar-refractivity contribution is -0.142. The van der Waals surface area contributed by atoms with Crippen LogP contribution in [0.3, 0.4) is 0 Å². The van der Waals surface area contributed by atoms with E-state index in [1.165, 1.54) is 14.2 Å². The molecule has 0 aliphatic carbocycles. The van der Waals surface area contributed by atoms with Gasteiger partial charge in [-0.3, -0.25) is 4.79 Å². The number of ether oxygens (including phenoxy) is 4. The van der Waals surface area contributed by atoms with E-state index in [0.29, 0.717) is 42.7 Å². The Morgan fingerprint density at radius 2 is 1.70 bits per heavy atom. The molecule has 2 aromatic rings. The topological polar surface area (TPSA) is 74.3 Å². The van der Waals surface area contributed by atoms with Gasteiger partial charge in [0.1, 0.15) is 5.75 Å². The minimum Gasteiger partial charge on any atom is -0.493 e. The first kappa shape index (κ1) is 21.5. The maximum Gasteiger partial charge on any atom is 0.343 e. The van der Waals surface area contributed by atoms with Crippen LogP contribution >= 0.6 is 0 Å². The van der Waals surface area contributed by atoms with Crippen molar-refractivity contribution < 1.29 is 28.5 Å². The number of methoxy groups -OCH3 is 2.